The monoisotopic (exact) mass is 210 g/mol. The van der Waals surface area contributed by atoms with E-state index in [4.69, 9.17) is 9.47 Å². The first-order valence-electron chi connectivity index (χ1n) is 5.06. The minimum absolute atomic E-state index is 0.338. The first-order valence-corrected chi connectivity index (χ1v) is 5.06. The Morgan fingerprint density at radius 3 is 2.67 bits per heavy atom. The molecule has 15 heavy (non-hydrogen) atoms. The maximum atomic E-state index is 5.63. The number of ether oxygens (including phenoxy) is 2. The summed E-state index contributed by atoms with van der Waals surface area (Å²) in [6.45, 7) is 3.68. The molecule has 1 fully saturated rings. The summed E-state index contributed by atoms with van der Waals surface area (Å²) in [7, 11) is 0. The average molecular weight is 210 g/mol. The highest BCUT2D eigenvalue weighted by atomic mass is 16.6. The van der Waals surface area contributed by atoms with Gasteiger partial charge in [-0.1, -0.05) is 25.1 Å². The molecule has 1 aliphatic heterocycles. The zero-order chi connectivity index (χ0) is 11.1. The number of nitrogens with two attached hydrogens (primary N) is 2. The summed E-state index contributed by atoms with van der Waals surface area (Å²) in [6, 6.07) is 8.16. The first-order chi connectivity index (χ1) is 7.40. The normalized spacial score (nSPS) is 17.7. The quantitative estimate of drug-likeness (QED) is 0.439. The number of rotatable bonds is 4. The second-order valence-corrected chi connectivity index (χ2v) is 3.23. The lowest BCUT2D eigenvalue weighted by Crippen LogP contribution is -2.05. The van der Waals surface area contributed by atoms with Crippen LogP contribution in [0.3, 0.4) is 0 Å². The van der Waals surface area contributed by atoms with Crippen LogP contribution in [0.5, 0.6) is 5.75 Å². The van der Waals surface area contributed by atoms with Gasteiger partial charge in [0.1, 0.15) is 18.5 Å². The summed E-state index contributed by atoms with van der Waals surface area (Å²) in [5.74, 6) is 9.00. The largest absolute Gasteiger partial charge is 0.491 e. The van der Waals surface area contributed by atoms with E-state index < -0.39 is 0 Å². The van der Waals surface area contributed by atoms with Gasteiger partial charge in [0.2, 0.25) is 0 Å². The van der Waals surface area contributed by atoms with Gasteiger partial charge in [-0.3, -0.25) is 11.7 Å². The van der Waals surface area contributed by atoms with Gasteiger partial charge in [0, 0.05) is 0 Å². The molecule has 1 atom stereocenters. The zero-order valence-electron chi connectivity index (χ0n) is 8.98. The third-order valence-electron chi connectivity index (χ3n) is 2.18. The van der Waals surface area contributed by atoms with Crippen LogP contribution >= 0.6 is 0 Å². The van der Waals surface area contributed by atoms with Gasteiger partial charge in [0.15, 0.2) is 0 Å². The number of aryl methyl sites for hydroxylation is 1. The van der Waals surface area contributed by atoms with Gasteiger partial charge < -0.3 is 9.47 Å². The summed E-state index contributed by atoms with van der Waals surface area (Å²) < 4.78 is 10.7. The topological polar surface area (TPSA) is 73.8 Å². The summed E-state index contributed by atoms with van der Waals surface area (Å²) in [5.41, 5.74) is 1.27. The van der Waals surface area contributed by atoms with Crippen molar-refractivity contribution in [3.05, 3.63) is 29.8 Å². The molecule has 0 radical (unpaired) electrons. The molecule has 1 aromatic carbocycles. The van der Waals surface area contributed by atoms with E-state index in [1.807, 2.05) is 18.2 Å². The lowest BCUT2D eigenvalue weighted by molar-refractivity contribution is 0.261. The number of hydrogen-bond acceptors (Lipinski definition) is 4. The Morgan fingerprint density at radius 1 is 1.40 bits per heavy atom. The van der Waals surface area contributed by atoms with Gasteiger partial charge >= 0.3 is 0 Å². The minimum Gasteiger partial charge on any atom is -0.491 e. The molecule has 0 amide bonds. The van der Waals surface area contributed by atoms with Crippen LogP contribution in [-0.2, 0) is 11.2 Å². The van der Waals surface area contributed by atoms with Crippen molar-refractivity contribution in [1.29, 1.82) is 0 Å². The lowest BCUT2D eigenvalue weighted by Gasteiger charge is -2.08. The standard InChI is InChI=1S/C11H14O2.H4N2/c1-2-9-5-3-4-6-11(9)13-8-10-7-12-10;1-2/h3-6,10H,2,7-8H2,1H3;1-2H2. The van der Waals surface area contributed by atoms with Gasteiger partial charge in [0.25, 0.3) is 0 Å². The van der Waals surface area contributed by atoms with Crippen molar-refractivity contribution in [2.24, 2.45) is 11.7 Å². The van der Waals surface area contributed by atoms with Crippen molar-refractivity contribution in [1.82, 2.24) is 0 Å². The molecular formula is C11H18N2O2. The fraction of sp³-hybridized carbons (Fsp3) is 0.455. The van der Waals surface area contributed by atoms with Gasteiger partial charge in [0.05, 0.1) is 6.61 Å². The van der Waals surface area contributed by atoms with Crippen LogP contribution in [0.2, 0.25) is 0 Å². The molecule has 0 aliphatic carbocycles. The van der Waals surface area contributed by atoms with E-state index in [1.54, 1.807) is 0 Å². The second-order valence-electron chi connectivity index (χ2n) is 3.23. The fourth-order valence-electron chi connectivity index (χ4n) is 1.28. The van der Waals surface area contributed by atoms with E-state index in [0.29, 0.717) is 12.7 Å². The Labute approximate surface area is 90.1 Å². The third-order valence-corrected chi connectivity index (χ3v) is 2.18. The molecule has 0 aromatic heterocycles. The molecule has 1 heterocycles. The van der Waals surface area contributed by atoms with Crippen LogP contribution in [-0.4, -0.2) is 19.3 Å². The van der Waals surface area contributed by atoms with Crippen molar-refractivity contribution in [2.75, 3.05) is 13.2 Å². The Kier molecular flexibility index (Phi) is 5.10. The summed E-state index contributed by atoms with van der Waals surface area (Å²) in [6.07, 6.45) is 1.35. The Hall–Kier alpha value is -1.10. The van der Waals surface area contributed by atoms with Crippen LogP contribution in [0.15, 0.2) is 24.3 Å². The first kappa shape index (κ1) is 12.0. The van der Waals surface area contributed by atoms with Crippen LogP contribution in [0.1, 0.15) is 12.5 Å². The maximum Gasteiger partial charge on any atom is 0.122 e. The molecule has 1 unspecified atom stereocenters. The SMILES string of the molecule is CCc1ccccc1OCC1CO1.NN. The second kappa shape index (κ2) is 6.40. The predicted octanol–water partition coefficient (Wildman–Crippen LogP) is 0.845. The highest BCUT2D eigenvalue weighted by molar-refractivity contribution is 5.33. The predicted molar refractivity (Wildman–Crippen MR) is 59.4 cm³/mol. The van der Waals surface area contributed by atoms with E-state index in [9.17, 15) is 0 Å². The van der Waals surface area contributed by atoms with E-state index >= 15 is 0 Å². The van der Waals surface area contributed by atoms with Crippen molar-refractivity contribution >= 4 is 0 Å². The van der Waals surface area contributed by atoms with Gasteiger partial charge in [-0.05, 0) is 18.1 Å². The van der Waals surface area contributed by atoms with Gasteiger partial charge in [-0.15, -0.1) is 0 Å². The van der Waals surface area contributed by atoms with Gasteiger partial charge in [-0.2, -0.15) is 0 Å². The summed E-state index contributed by atoms with van der Waals surface area (Å²) in [4.78, 5) is 0. The molecule has 0 saturated carbocycles. The molecule has 1 saturated heterocycles. The molecule has 4 heteroatoms. The number of para-hydroxylation sites is 1. The highest BCUT2D eigenvalue weighted by Gasteiger charge is 2.23. The smallest absolute Gasteiger partial charge is 0.122 e. The van der Waals surface area contributed by atoms with Crippen molar-refractivity contribution in [2.45, 2.75) is 19.4 Å². The van der Waals surface area contributed by atoms with Crippen molar-refractivity contribution < 1.29 is 9.47 Å². The Morgan fingerprint density at radius 2 is 2.07 bits per heavy atom. The average Bonchev–Trinajstić information content (AvgIpc) is 3.13. The molecule has 1 aliphatic rings. The molecule has 84 valence electrons. The lowest BCUT2D eigenvalue weighted by atomic mass is 10.1. The Balaban J connectivity index is 0.000000531. The Bertz CT molecular complexity index is 288. The highest BCUT2D eigenvalue weighted by Crippen LogP contribution is 2.20. The number of epoxide rings is 1. The van der Waals surface area contributed by atoms with Crippen molar-refractivity contribution in [3.8, 4) is 5.75 Å². The number of hydrogen-bond donors (Lipinski definition) is 2. The van der Waals surface area contributed by atoms with E-state index in [-0.39, 0.29) is 0 Å². The molecule has 2 rings (SSSR count). The van der Waals surface area contributed by atoms with Crippen LogP contribution in [0.25, 0.3) is 0 Å². The zero-order valence-corrected chi connectivity index (χ0v) is 8.98. The summed E-state index contributed by atoms with van der Waals surface area (Å²) in [5, 5.41) is 0. The molecule has 4 nitrogen and oxygen atoms in total. The molecular weight excluding hydrogens is 192 g/mol. The van der Waals surface area contributed by atoms with Crippen molar-refractivity contribution in [3.63, 3.8) is 0 Å². The van der Waals surface area contributed by atoms with Gasteiger partial charge in [-0.25, -0.2) is 0 Å². The molecule has 0 spiro atoms. The number of hydrazine groups is 1. The van der Waals surface area contributed by atoms with E-state index in [2.05, 4.69) is 24.7 Å². The fourth-order valence-corrected chi connectivity index (χ4v) is 1.28. The maximum absolute atomic E-state index is 5.63. The molecule has 0 bridgehead atoms. The van der Waals surface area contributed by atoms with Crippen LogP contribution in [0.4, 0.5) is 0 Å². The van der Waals surface area contributed by atoms with E-state index in [0.717, 1.165) is 18.8 Å². The summed E-state index contributed by atoms with van der Waals surface area (Å²) >= 11 is 0. The van der Waals surface area contributed by atoms with Crippen LogP contribution < -0.4 is 16.4 Å². The molecule has 4 N–H and O–H groups in total. The molecule has 1 aromatic rings. The van der Waals surface area contributed by atoms with E-state index in [1.165, 1.54) is 5.56 Å². The van der Waals surface area contributed by atoms with Crippen LogP contribution in [0, 0.1) is 0 Å². The number of benzene rings is 1. The third kappa shape index (κ3) is 3.87. The minimum atomic E-state index is 0.338.